The molecule has 0 saturated carbocycles. The number of methoxy groups -OCH3 is 1. The van der Waals surface area contributed by atoms with E-state index in [1.54, 1.807) is 7.11 Å². The molecule has 0 aliphatic carbocycles. The molecule has 0 aromatic heterocycles. The monoisotopic (exact) mass is 291 g/mol. The number of nitrogens with zero attached hydrogens (tertiary/aromatic N) is 2. The van der Waals surface area contributed by atoms with Crippen molar-refractivity contribution in [1.29, 1.82) is 0 Å². The van der Waals surface area contributed by atoms with Crippen molar-refractivity contribution in [3.63, 3.8) is 0 Å². The molecule has 1 aromatic carbocycles. The number of hydrogen-bond donors (Lipinski definition) is 1. The summed E-state index contributed by atoms with van der Waals surface area (Å²) in [5, 5.41) is 0. The fraction of sp³-hybridized carbons (Fsp3) is 0.562. The van der Waals surface area contributed by atoms with Crippen LogP contribution in [0.25, 0.3) is 0 Å². The van der Waals surface area contributed by atoms with Crippen LogP contribution in [0.2, 0.25) is 0 Å². The molecule has 1 amide bonds. The van der Waals surface area contributed by atoms with Gasteiger partial charge in [-0.25, -0.2) is 0 Å². The third-order valence-corrected chi connectivity index (χ3v) is 3.92. The summed E-state index contributed by atoms with van der Waals surface area (Å²) in [7, 11) is 1.68. The molecule has 0 atom stereocenters. The number of nitrogens with two attached hydrogens (primary N) is 1. The molecule has 1 saturated heterocycles. The molecule has 5 heteroatoms. The lowest BCUT2D eigenvalue weighted by Gasteiger charge is -2.21. The second-order valence-electron chi connectivity index (χ2n) is 5.54. The number of primary amides is 1. The first-order valence-corrected chi connectivity index (χ1v) is 7.53. The maximum Gasteiger partial charge on any atom is 0.218 e. The average molecular weight is 291 g/mol. The SMILES string of the molecule is COc1ccc(CN2CCCN(CCC(N)=O)CC2)cc1. The van der Waals surface area contributed by atoms with Crippen LogP contribution in [0, 0.1) is 0 Å². The van der Waals surface area contributed by atoms with E-state index in [-0.39, 0.29) is 5.91 Å². The Kier molecular flexibility index (Phi) is 6.02. The lowest BCUT2D eigenvalue weighted by Crippen LogP contribution is -2.32. The molecule has 21 heavy (non-hydrogen) atoms. The summed E-state index contributed by atoms with van der Waals surface area (Å²) >= 11 is 0. The number of rotatable bonds is 6. The van der Waals surface area contributed by atoms with Crippen molar-refractivity contribution >= 4 is 5.91 Å². The number of amides is 1. The van der Waals surface area contributed by atoms with Gasteiger partial charge in [-0.15, -0.1) is 0 Å². The molecular weight excluding hydrogens is 266 g/mol. The van der Waals surface area contributed by atoms with Crippen molar-refractivity contribution in [2.75, 3.05) is 39.8 Å². The minimum atomic E-state index is -0.214. The van der Waals surface area contributed by atoms with Crippen LogP contribution in [-0.4, -0.2) is 55.5 Å². The maximum absolute atomic E-state index is 10.9. The van der Waals surface area contributed by atoms with E-state index in [4.69, 9.17) is 10.5 Å². The van der Waals surface area contributed by atoms with Gasteiger partial charge in [-0.3, -0.25) is 9.69 Å². The highest BCUT2D eigenvalue weighted by Gasteiger charge is 2.15. The highest BCUT2D eigenvalue weighted by Crippen LogP contribution is 2.14. The summed E-state index contributed by atoms with van der Waals surface area (Å²) in [6.45, 7) is 5.93. The number of ether oxygens (including phenoxy) is 1. The van der Waals surface area contributed by atoms with Crippen LogP contribution >= 0.6 is 0 Å². The lowest BCUT2D eigenvalue weighted by molar-refractivity contribution is -0.118. The van der Waals surface area contributed by atoms with E-state index in [0.717, 1.165) is 51.4 Å². The Balaban J connectivity index is 1.80. The zero-order chi connectivity index (χ0) is 15.1. The molecule has 0 radical (unpaired) electrons. The Bertz CT molecular complexity index is 447. The van der Waals surface area contributed by atoms with Crippen molar-refractivity contribution in [1.82, 2.24) is 9.80 Å². The lowest BCUT2D eigenvalue weighted by atomic mass is 10.2. The van der Waals surface area contributed by atoms with Crippen molar-refractivity contribution < 1.29 is 9.53 Å². The molecule has 116 valence electrons. The number of carbonyl (C=O) groups excluding carboxylic acids is 1. The molecule has 1 aromatic rings. The van der Waals surface area contributed by atoms with E-state index in [1.165, 1.54) is 5.56 Å². The van der Waals surface area contributed by atoms with Gasteiger partial charge in [-0.2, -0.15) is 0 Å². The van der Waals surface area contributed by atoms with E-state index in [2.05, 4.69) is 21.9 Å². The van der Waals surface area contributed by atoms with Crippen LogP contribution in [0.3, 0.4) is 0 Å². The van der Waals surface area contributed by atoms with E-state index in [9.17, 15) is 4.79 Å². The van der Waals surface area contributed by atoms with Gasteiger partial charge >= 0.3 is 0 Å². The summed E-state index contributed by atoms with van der Waals surface area (Å²) in [6.07, 6.45) is 1.59. The minimum absolute atomic E-state index is 0.214. The first-order chi connectivity index (χ1) is 10.2. The minimum Gasteiger partial charge on any atom is -0.497 e. The van der Waals surface area contributed by atoms with Crippen LogP contribution in [0.1, 0.15) is 18.4 Å². The van der Waals surface area contributed by atoms with Crippen LogP contribution in [0.4, 0.5) is 0 Å². The van der Waals surface area contributed by atoms with Crippen LogP contribution in [0.5, 0.6) is 5.75 Å². The normalized spacial score (nSPS) is 17.4. The third-order valence-electron chi connectivity index (χ3n) is 3.92. The average Bonchev–Trinajstić information content (AvgIpc) is 2.71. The number of hydrogen-bond acceptors (Lipinski definition) is 4. The molecule has 0 bridgehead atoms. The van der Waals surface area contributed by atoms with Crippen LogP contribution < -0.4 is 10.5 Å². The zero-order valence-electron chi connectivity index (χ0n) is 12.8. The molecule has 1 fully saturated rings. The van der Waals surface area contributed by atoms with Gasteiger partial charge in [-0.1, -0.05) is 12.1 Å². The fourth-order valence-corrected chi connectivity index (χ4v) is 2.66. The van der Waals surface area contributed by atoms with Gasteiger partial charge in [0, 0.05) is 32.6 Å². The quantitative estimate of drug-likeness (QED) is 0.852. The van der Waals surface area contributed by atoms with E-state index in [1.807, 2.05) is 12.1 Å². The topological polar surface area (TPSA) is 58.8 Å². The predicted molar refractivity (Wildman–Crippen MR) is 83.1 cm³/mol. The second kappa shape index (κ2) is 8.00. The standard InChI is InChI=1S/C16H25N3O2/c1-21-15-5-3-14(4-6-15)13-19-9-2-8-18(11-12-19)10-7-16(17)20/h3-6H,2,7-13H2,1H3,(H2,17,20). The Morgan fingerprint density at radius 3 is 2.48 bits per heavy atom. The number of benzene rings is 1. The second-order valence-corrected chi connectivity index (χ2v) is 5.54. The Labute approximate surface area is 126 Å². The summed E-state index contributed by atoms with van der Waals surface area (Å²) in [5.41, 5.74) is 6.52. The van der Waals surface area contributed by atoms with E-state index in [0.29, 0.717) is 6.42 Å². The van der Waals surface area contributed by atoms with Crippen molar-refractivity contribution in [2.24, 2.45) is 5.73 Å². The number of carbonyl (C=O) groups is 1. The first kappa shape index (κ1) is 15.8. The van der Waals surface area contributed by atoms with Crippen molar-refractivity contribution in [2.45, 2.75) is 19.4 Å². The fourth-order valence-electron chi connectivity index (χ4n) is 2.66. The molecular formula is C16H25N3O2. The van der Waals surface area contributed by atoms with Gasteiger partial charge in [0.1, 0.15) is 5.75 Å². The highest BCUT2D eigenvalue weighted by molar-refractivity contribution is 5.73. The molecule has 0 spiro atoms. The first-order valence-electron chi connectivity index (χ1n) is 7.53. The van der Waals surface area contributed by atoms with Crippen LogP contribution in [-0.2, 0) is 11.3 Å². The van der Waals surface area contributed by atoms with Gasteiger partial charge < -0.3 is 15.4 Å². The van der Waals surface area contributed by atoms with Crippen molar-refractivity contribution in [3.05, 3.63) is 29.8 Å². The third kappa shape index (κ3) is 5.36. The summed E-state index contributed by atoms with van der Waals surface area (Å²) in [5.74, 6) is 0.682. The van der Waals surface area contributed by atoms with Gasteiger partial charge in [0.25, 0.3) is 0 Å². The largest absolute Gasteiger partial charge is 0.497 e. The molecule has 1 heterocycles. The van der Waals surface area contributed by atoms with Gasteiger partial charge in [-0.05, 0) is 37.2 Å². The summed E-state index contributed by atoms with van der Waals surface area (Å²) < 4.78 is 5.18. The highest BCUT2D eigenvalue weighted by atomic mass is 16.5. The predicted octanol–water partition coefficient (Wildman–Crippen LogP) is 1.08. The molecule has 0 unspecified atom stereocenters. The Morgan fingerprint density at radius 1 is 1.14 bits per heavy atom. The molecule has 2 rings (SSSR count). The van der Waals surface area contributed by atoms with E-state index >= 15 is 0 Å². The van der Waals surface area contributed by atoms with Crippen molar-refractivity contribution in [3.8, 4) is 5.75 Å². The van der Waals surface area contributed by atoms with E-state index < -0.39 is 0 Å². The maximum atomic E-state index is 10.9. The molecule has 1 aliphatic heterocycles. The smallest absolute Gasteiger partial charge is 0.218 e. The van der Waals surface area contributed by atoms with Gasteiger partial charge in [0.2, 0.25) is 5.91 Å². The van der Waals surface area contributed by atoms with Crippen LogP contribution in [0.15, 0.2) is 24.3 Å². The Morgan fingerprint density at radius 2 is 1.81 bits per heavy atom. The summed E-state index contributed by atoms with van der Waals surface area (Å²) in [4.78, 5) is 15.7. The molecule has 1 aliphatic rings. The summed E-state index contributed by atoms with van der Waals surface area (Å²) in [6, 6.07) is 8.25. The molecule has 5 nitrogen and oxygen atoms in total. The zero-order valence-corrected chi connectivity index (χ0v) is 12.8. The van der Waals surface area contributed by atoms with Gasteiger partial charge in [0.05, 0.1) is 7.11 Å². The van der Waals surface area contributed by atoms with Gasteiger partial charge in [0.15, 0.2) is 0 Å². The Hall–Kier alpha value is -1.59. The molecule has 2 N–H and O–H groups in total.